The van der Waals surface area contributed by atoms with Crippen LogP contribution in [0.5, 0.6) is 0 Å². The van der Waals surface area contributed by atoms with Crippen LogP contribution in [-0.2, 0) is 0 Å². The van der Waals surface area contributed by atoms with Gasteiger partial charge in [0.05, 0.1) is 0 Å². The maximum Gasteiger partial charge on any atom is 0.136 e. The van der Waals surface area contributed by atoms with Gasteiger partial charge in [-0.3, -0.25) is 0 Å². The minimum Gasteiger partial charge on any atom is -0.456 e. The van der Waals surface area contributed by atoms with Crippen molar-refractivity contribution in [2.75, 3.05) is 4.90 Å². The Morgan fingerprint density at radius 1 is 0.288 bits per heavy atom. The van der Waals surface area contributed by atoms with E-state index in [0.717, 1.165) is 44.4 Å². The second kappa shape index (κ2) is 12.5. The highest BCUT2D eigenvalue weighted by molar-refractivity contribution is 6.17. The fraction of sp³-hybridized carbons (Fsp3) is 0. The van der Waals surface area contributed by atoms with Crippen molar-refractivity contribution in [3.63, 3.8) is 0 Å². The molecular formula is C50H33NO. The number of nitrogens with zero attached hydrogens (tertiary/aromatic N) is 1. The van der Waals surface area contributed by atoms with Gasteiger partial charge in [0.25, 0.3) is 0 Å². The Morgan fingerprint density at radius 2 is 0.865 bits per heavy atom. The average Bonchev–Trinajstić information content (AvgIpc) is 3.58. The van der Waals surface area contributed by atoms with Gasteiger partial charge in [0.15, 0.2) is 0 Å². The number of rotatable bonds is 6. The molecule has 244 valence electrons. The molecule has 0 aliphatic carbocycles. The van der Waals surface area contributed by atoms with Crippen molar-refractivity contribution >= 4 is 60.5 Å². The largest absolute Gasteiger partial charge is 0.456 e. The van der Waals surface area contributed by atoms with E-state index >= 15 is 0 Å². The summed E-state index contributed by atoms with van der Waals surface area (Å²) in [7, 11) is 0. The van der Waals surface area contributed by atoms with Crippen LogP contribution in [0, 0.1) is 0 Å². The van der Waals surface area contributed by atoms with Crippen LogP contribution in [0.25, 0.3) is 76.9 Å². The molecule has 0 unspecified atom stereocenters. The van der Waals surface area contributed by atoms with E-state index in [-0.39, 0.29) is 0 Å². The summed E-state index contributed by atoms with van der Waals surface area (Å²) in [5.41, 5.74) is 12.3. The summed E-state index contributed by atoms with van der Waals surface area (Å²) in [6.45, 7) is 0. The Bertz CT molecular complexity index is 2890. The molecule has 1 aromatic heterocycles. The first-order chi connectivity index (χ1) is 25.8. The van der Waals surface area contributed by atoms with E-state index in [1.807, 2.05) is 12.1 Å². The van der Waals surface area contributed by atoms with Crippen LogP contribution in [0.15, 0.2) is 205 Å². The molecule has 0 aliphatic rings. The van der Waals surface area contributed by atoms with Crippen LogP contribution >= 0.6 is 0 Å². The van der Waals surface area contributed by atoms with Crippen molar-refractivity contribution < 1.29 is 4.42 Å². The highest BCUT2D eigenvalue weighted by atomic mass is 16.3. The summed E-state index contributed by atoms with van der Waals surface area (Å²) >= 11 is 0. The van der Waals surface area contributed by atoms with E-state index in [0.29, 0.717) is 0 Å². The topological polar surface area (TPSA) is 16.4 Å². The van der Waals surface area contributed by atoms with E-state index in [9.17, 15) is 0 Å². The van der Waals surface area contributed by atoms with Gasteiger partial charge in [0, 0.05) is 27.8 Å². The van der Waals surface area contributed by atoms with Crippen LogP contribution in [0.3, 0.4) is 0 Å². The maximum absolute atomic E-state index is 6.26. The van der Waals surface area contributed by atoms with Crippen LogP contribution in [-0.4, -0.2) is 0 Å². The molecule has 52 heavy (non-hydrogen) atoms. The SMILES string of the molecule is c1ccc(-c2cccc(N(c3ccc(-c4ccccc4-c4ccccc4)cc3)c3ccc4ccc5cc6oc7ccccc7c6cc5c4c3)c2)cc1. The minimum atomic E-state index is 0.914. The first kappa shape index (κ1) is 30.0. The molecule has 0 N–H and O–H groups in total. The zero-order valence-electron chi connectivity index (χ0n) is 28.4. The molecule has 9 aromatic carbocycles. The second-order valence-corrected chi connectivity index (χ2v) is 13.3. The molecule has 2 nitrogen and oxygen atoms in total. The van der Waals surface area contributed by atoms with Crippen molar-refractivity contribution in [2.24, 2.45) is 0 Å². The third-order valence-corrected chi connectivity index (χ3v) is 10.2. The van der Waals surface area contributed by atoms with Gasteiger partial charge in [0.1, 0.15) is 11.2 Å². The van der Waals surface area contributed by atoms with Crippen molar-refractivity contribution in [3.05, 3.63) is 200 Å². The number of furan rings is 1. The summed E-state index contributed by atoms with van der Waals surface area (Å²) < 4.78 is 6.26. The minimum absolute atomic E-state index is 0.914. The van der Waals surface area contributed by atoms with E-state index in [1.54, 1.807) is 0 Å². The van der Waals surface area contributed by atoms with E-state index in [2.05, 4.69) is 193 Å². The first-order valence-electron chi connectivity index (χ1n) is 17.8. The predicted molar refractivity (Wildman–Crippen MR) is 220 cm³/mol. The van der Waals surface area contributed by atoms with Crippen LogP contribution in [0.4, 0.5) is 17.1 Å². The van der Waals surface area contributed by atoms with Crippen LogP contribution < -0.4 is 4.90 Å². The Balaban J connectivity index is 1.15. The number of hydrogen-bond acceptors (Lipinski definition) is 2. The van der Waals surface area contributed by atoms with Gasteiger partial charge in [-0.2, -0.15) is 0 Å². The molecule has 0 amide bonds. The monoisotopic (exact) mass is 663 g/mol. The van der Waals surface area contributed by atoms with Gasteiger partial charge >= 0.3 is 0 Å². The maximum atomic E-state index is 6.26. The van der Waals surface area contributed by atoms with Crippen molar-refractivity contribution in [1.29, 1.82) is 0 Å². The predicted octanol–water partition coefficient (Wildman–Crippen LogP) is 14.4. The van der Waals surface area contributed by atoms with E-state index in [4.69, 9.17) is 4.42 Å². The molecule has 0 atom stereocenters. The smallest absolute Gasteiger partial charge is 0.136 e. The Morgan fingerprint density at radius 3 is 1.65 bits per heavy atom. The fourth-order valence-electron chi connectivity index (χ4n) is 7.70. The van der Waals surface area contributed by atoms with Gasteiger partial charge in [-0.25, -0.2) is 0 Å². The van der Waals surface area contributed by atoms with Crippen molar-refractivity contribution in [2.45, 2.75) is 0 Å². The molecule has 0 saturated carbocycles. The van der Waals surface area contributed by atoms with E-state index < -0.39 is 0 Å². The van der Waals surface area contributed by atoms with Crippen molar-refractivity contribution in [3.8, 4) is 33.4 Å². The molecule has 0 radical (unpaired) electrons. The molecule has 10 aromatic rings. The number of fused-ring (bicyclic) bond motifs is 6. The first-order valence-corrected chi connectivity index (χ1v) is 17.8. The number of para-hydroxylation sites is 1. The third kappa shape index (κ3) is 5.21. The second-order valence-electron chi connectivity index (χ2n) is 13.3. The van der Waals surface area contributed by atoms with Gasteiger partial charge in [-0.1, -0.05) is 146 Å². The van der Waals surface area contributed by atoms with Crippen LogP contribution in [0.2, 0.25) is 0 Å². The molecule has 1 heterocycles. The van der Waals surface area contributed by atoms with Gasteiger partial charge < -0.3 is 9.32 Å². The Kier molecular flexibility index (Phi) is 7.18. The average molecular weight is 664 g/mol. The summed E-state index contributed by atoms with van der Waals surface area (Å²) in [5, 5.41) is 7.06. The molecule has 0 saturated heterocycles. The zero-order valence-corrected chi connectivity index (χ0v) is 28.4. The lowest BCUT2D eigenvalue weighted by molar-refractivity contribution is 0.669. The number of benzene rings is 9. The summed E-state index contributed by atoms with van der Waals surface area (Å²) in [6, 6.07) is 71.8. The third-order valence-electron chi connectivity index (χ3n) is 10.2. The molecule has 0 aliphatic heterocycles. The van der Waals surface area contributed by atoms with Gasteiger partial charge in [-0.05, 0) is 110 Å². The quantitative estimate of drug-likeness (QED) is 0.165. The number of hydrogen-bond donors (Lipinski definition) is 0. The molecule has 0 spiro atoms. The lowest BCUT2D eigenvalue weighted by atomic mass is 9.94. The summed E-state index contributed by atoms with van der Waals surface area (Å²) in [6.07, 6.45) is 0. The lowest BCUT2D eigenvalue weighted by Gasteiger charge is -2.27. The Labute approximate surface area is 302 Å². The summed E-state index contributed by atoms with van der Waals surface area (Å²) in [5.74, 6) is 0. The van der Waals surface area contributed by atoms with Gasteiger partial charge in [-0.15, -0.1) is 0 Å². The lowest BCUT2D eigenvalue weighted by Crippen LogP contribution is -2.10. The zero-order chi connectivity index (χ0) is 34.4. The molecule has 0 bridgehead atoms. The molecular weight excluding hydrogens is 631 g/mol. The van der Waals surface area contributed by atoms with Crippen LogP contribution in [0.1, 0.15) is 0 Å². The van der Waals surface area contributed by atoms with Crippen molar-refractivity contribution in [1.82, 2.24) is 0 Å². The molecule has 2 heteroatoms. The fourth-order valence-corrected chi connectivity index (χ4v) is 7.70. The highest BCUT2D eigenvalue weighted by Gasteiger charge is 2.17. The summed E-state index contributed by atoms with van der Waals surface area (Å²) in [4.78, 5) is 2.38. The Hall–Kier alpha value is -6.90. The molecule has 0 fully saturated rings. The highest BCUT2D eigenvalue weighted by Crippen LogP contribution is 2.42. The standard InChI is InChI=1S/C50H33NO/c1-3-12-34(13-4-1)38-16-11-17-41(30-38)51(40-27-24-36(25-28-40)44-19-8-7-18-43(44)35-14-5-2-6-15-35)42-29-26-37-22-23-39-31-50-48(33-47(39)46(37)32-42)45-20-9-10-21-49(45)52-50/h1-33H. The normalized spacial score (nSPS) is 11.5. The molecule has 10 rings (SSSR count). The van der Waals surface area contributed by atoms with E-state index in [1.165, 1.54) is 49.5 Å². The van der Waals surface area contributed by atoms with Gasteiger partial charge in [0.2, 0.25) is 0 Å². The number of anilines is 3.